The number of phenols is 1. The molecule has 0 saturated carbocycles. The summed E-state index contributed by atoms with van der Waals surface area (Å²) in [4.78, 5) is 37.1. The number of allylic oxidation sites excluding steroid dienone is 4. The second-order valence-electron chi connectivity index (χ2n) is 10.5. The number of aliphatic carboxylic acids is 2. The van der Waals surface area contributed by atoms with Crippen LogP contribution in [0, 0.1) is 0 Å². The molecule has 9 heteroatoms. The summed E-state index contributed by atoms with van der Waals surface area (Å²) in [6, 6.07) is -0.0435. The molecular formula is C28H37NO8. The van der Waals surface area contributed by atoms with Crippen molar-refractivity contribution in [3.05, 3.63) is 46.1 Å². The number of carbonyl (C=O) groups is 3. The summed E-state index contributed by atoms with van der Waals surface area (Å²) in [6.45, 7) is 7.92. The van der Waals surface area contributed by atoms with Gasteiger partial charge in [-0.15, -0.1) is 0 Å². The molecule has 0 spiro atoms. The van der Waals surface area contributed by atoms with Gasteiger partial charge < -0.3 is 30.1 Å². The van der Waals surface area contributed by atoms with Crippen LogP contribution in [0.1, 0.15) is 87.7 Å². The summed E-state index contributed by atoms with van der Waals surface area (Å²) >= 11 is 0. The second kappa shape index (κ2) is 11.4. The van der Waals surface area contributed by atoms with Crippen molar-refractivity contribution in [1.29, 1.82) is 0 Å². The Morgan fingerprint density at radius 3 is 2.49 bits per heavy atom. The van der Waals surface area contributed by atoms with Crippen molar-refractivity contribution < 1.29 is 39.5 Å². The third kappa shape index (κ3) is 6.33. The average molecular weight is 516 g/mol. The number of amides is 1. The Bertz CT molecular complexity index is 1130. The van der Waals surface area contributed by atoms with E-state index in [1.54, 1.807) is 6.92 Å². The molecule has 0 radical (unpaired) electrons. The number of benzene rings is 1. The van der Waals surface area contributed by atoms with Gasteiger partial charge in [0.1, 0.15) is 23.1 Å². The van der Waals surface area contributed by atoms with Crippen molar-refractivity contribution in [1.82, 2.24) is 4.90 Å². The largest absolute Gasteiger partial charge is 0.508 e. The first-order chi connectivity index (χ1) is 17.3. The SMILES string of the molecule is CC(C)=CCC/C(C)=C/CC[C@]1(C)Oc2c(c(O)cc3c2CN([C@@H](CCC(=O)O)C(=O)O)C3=O)CC1O. The summed E-state index contributed by atoms with van der Waals surface area (Å²) in [6.07, 6.45) is 6.01. The molecule has 0 saturated heterocycles. The third-order valence-corrected chi connectivity index (χ3v) is 7.24. The van der Waals surface area contributed by atoms with Gasteiger partial charge in [0.25, 0.3) is 5.91 Å². The Morgan fingerprint density at radius 2 is 1.86 bits per heavy atom. The fraction of sp³-hybridized carbons (Fsp3) is 0.536. The summed E-state index contributed by atoms with van der Waals surface area (Å²) < 4.78 is 6.32. The minimum absolute atomic E-state index is 0.0804. The molecule has 37 heavy (non-hydrogen) atoms. The number of ether oxygens (including phenoxy) is 1. The van der Waals surface area contributed by atoms with E-state index in [0.29, 0.717) is 29.7 Å². The van der Waals surface area contributed by atoms with Gasteiger partial charge in [0.05, 0.1) is 18.2 Å². The topological polar surface area (TPSA) is 145 Å². The van der Waals surface area contributed by atoms with Crippen molar-refractivity contribution in [3.8, 4) is 11.5 Å². The van der Waals surface area contributed by atoms with Crippen molar-refractivity contribution in [2.75, 3.05) is 0 Å². The minimum atomic E-state index is -1.33. The molecule has 2 heterocycles. The first kappa shape index (κ1) is 28.2. The Hall–Kier alpha value is -3.33. The molecule has 2 aliphatic rings. The van der Waals surface area contributed by atoms with Crippen molar-refractivity contribution in [2.24, 2.45) is 0 Å². The standard InChI is InChI=1S/C28H37NO8/c1-16(2)7-5-8-17(3)9-6-12-28(4)23(31)14-19-22(30)13-18-20(25(19)37-28)15-29(26(18)34)21(27(35)36)10-11-24(32)33/h7,9,13,21,23,30-31H,5-6,8,10-12,14-15H2,1-4H3,(H,32,33)(H,35,36)/b17-9+/t21-,23?,28-/m0/s1. The lowest BCUT2D eigenvalue weighted by atomic mass is 9.84. The Labute approximate surface area is 217 Å². The second-order valence-corrected chi connectivity index (χ2v) is 10.5. The van der Waals surface area contributed by atoms with E-state index in [1.807, 2.05) is 0 Å². The zero-order valence-corrected chi connectivity index (χ0v) is 21.9. The van der Waals surface area contributed by atoms with Crippen LogP contribution in [0.4, 0.5) is 0 Å². The molecule has 202 valence electrons. The predicted octanol–water partition coefficient (Wildman–Crippen LogP) is 4.19. The van der Waals surface area contributed by atoms with E-state index in [4.69, 9.17) is 9.84 Å². The molecular weight excluding hydrogens is 478 g/mol. The molecule has 4 N–H and O–H groups in total. The summed E-state index contributed by atoms with van der Waals surface area (Å²) in [5.74, 6) is -2.95. The number of carbonyl (C=O) groups excluding carboxylic acids is 1. The molecule has 0 aromatic heterocycles. The van der Waals surface area contributed by atoms with Gasteiger partial charge in [0.15, 0.2) is 0 Å². The number of rotatable bonds is 11. The smallest absolute Gasteiger partial charge is 0.326 e. The highest BCUT2D eigenvalue weighted by Crippen LogP contribution is 2.46. The highest BCUT2D eigenvalue weighted by atomic mass is 16.5. The highest BCUT2D eigenvalue weighted by molar-refractivity contribution is 6.02. The number of nitrogens with zero attached hydrogens (tertiary/aromatic N) is 1. The van der Waals surface area contributed by atoms with Gasteiger partial charge in [-0.1, -0.05) is 23.3 Å². The number of phenolic OH excluding ortho intramolecular Hbond substituents is 1. The molecule has 0 aliphatic carbocycles. The molecule has 1 aromatic carbocycles. The molecule has 1 unspecified atom stereocenters. The van der Waals surface area contributed by atoms with E-state index in [0.717, 1.165) is 17.7 Å². The Kier molecular flexibility index (Phi) is 8.68. The van der Waals surface area contributed by atoms with Gasteiger partial charge >= 0.3 is 11.9 Å². The van der Waals surface area contributed by atoms with Crippen LogP contribution in [0.15, 0.2) is 29.4 Å². The summed E-state index contributed by atoms with van der Waals surface area (Å²) in [5.41, 5.74) is 2.51. The van der Waals surface area contributed by atoms with E-state index in [9.17, 15) is 29.7 Å². The van der Waals surface area contributed by atoms with Crippen LogP contribution in [-0.4, -0.2) is 60.9 Å². The van der Waals surface area contributed by atoms with Crippen LogP contribution in [0.2, 0.25) is 0 Å². The monoisotopic (exact) mass is 515 g/mol. The van der Waals surface area contributed by atoms with Crippen molar-refractivity contribution >= 4 is 17.8 Å². The van der Waals surface area contributed by atoms with Crippen molar-refractivity contribution in [2.45, 2.75) is 96.9 Å². The molecule has 9 nitrogen and oxygen atoms in total. The number of carboxylic acids is 2. The average Bonchev–Trinajstić information content (AvgIpc) is 3.11. The van der Waals surface area contributed by atoms with E-state index < -0.39 is 42.0 Å². The third-order valence-electron chi connectivity index (χ3n) is 7.24. The number of hydrogen-bond acceptors (Lipinski definition) is 6. The van der Waals surface area contributed by atoms with Gasteiger partial charge in [-0.05, 0) is 65.9 Å². The summed E-state index contributed by atoms with van der Waals surface area (Å²) in [5, 5.41) is 40.2. The molecule has 2 aliphatic heterocycles. The number of aliphatic hydroxyl groups excluding tert-OH is 1. The molecule has 0 fully saturated rings. The highest BCUT2D eigenvalue weighted by Gasteiger charge is 2.45. The van der Waals surface area contributed by atoms with Gasteiger partial charge in [0, 0.05) is 24.0 Å². The number of hydrogen-bond donors (Lipinski definition) is 4. The number of carboxylic acid groups (broad SMARTS) is 2. The number of aliphatic hydroxyl groups is 1. The molecule has 3 atom stereocenters. The normalized spacial score (nSPS) is 21.6. The lowest BCUT2D eigenvalue weighted by molar-refractivity contribution is -0.143. The molecule has 3 rings (SSSR count). The Balaban J connectivity index is 1.83. The quantitative estimate of drug-likeness (QED) is 0.321. The van der Waals surface area contributed by atoms with E-state index in [1.165, 1.54) is 17.2 Å². The molecule has 1 amide bonds. The van der Waals surface area contributed by atoms with E-state index in [2.05, 4.69) is 32.9 Å². The maximum Gasteiger partial charge on any atom is 0.326 e. The van der Waals surface area contributed by atoms with Crippen LogP contribution in [0.3, 0.4) is 0 Å². The van der Waals surface area contributed by atoms with Crippen LogP contribution < -0.4 is 4.74 Å². The van der Waals surface area contributed by atoms with E-state index in [-0.39, 0.29) is 30.7 Å². The molecule has 1 aromatic rings. The van der Waals surface area contributed by atoms with Crippen LogP contribution in [-0.2, 0) is 22.6 Å². The van der Waals surface area contributed by atoms with Gasteiger partial charge in [-0.2, -0.15) is 0 Å². The minimum Gasteiger partial charge on any atom is -0.508 e. The lowest BCUT2D eigenvalue weighted by Gasteiger charge is -2.41. The fourth-order valence-electron chi connectivity index (χ4n) is 4.95. The first-order valence-electron chi connectivity index (χ1n) is 12.6. The van der Waals surface area contributed by atoms with Gasteiger partial charge in [-0.25, -0.2) is 4.79 Å². The van der Waals surface area contributed by atoms with Crippen LogP contribution in [0.5, 0.6) is 11.5 Å². The lowest BCUT2D eigenvalue weighted by Crippen LogP contribution is -2.49. The summed E-state index contributed by atoms with van der Waals surface area (Å²) in [7, 11) is 0. The van der Waals surface area contributed by atoms with Crippen molar-refractivity contribution in [3.63, 3.8) is 0 Å². The zero-order valence-electron chi connectivity index (χ0n) is 21.9. The first-order valence-corrected chi connectivity index (χ1v) is 12.6. The van der Waals surface area contributed by atoms with Crippen LogP contribution in [0.25, 0.3) is 0 Å². The number of fused-ring (bicyclic) bond motifs is 3. The van der Waals surface area contributed by atoms with Crippen LogP contribution >= 0.6 is 0 Å². The molecule has 0 bridgehead atoms. The maximum absolute atomic E-state index is 13.1. The Morgan fingerprint density at radius 1 is 1.16 bits per heavy atom. The fourth-order valence-corrected chi connectivity index (χ4v) is 4.95. The van der Waals surface area contributed by atoms with Gasteiger partial charge in [-0.3, -0.25) is 9.59 Å². The number of aromatic hydroxyl groups is 1. The van der Waals surface area contributed by atoms with E-state index >= 15 is 0 Å². The predicted molar refractivity (Wildman–Crippen MR) is 137 cm³/mol. The zero-order chi connectivity index (χ0) is 27.5. The van der Waals surface area contributed by atoms with Gasteiger partial charge in [0.2, 0.25) is 0 Å². The maximum atomic E-state index is 13.1.